The third kappa shape index (κ3) is 3.84. The molecule has 1 fully saturated rings. The van der Waals surface area contributed by atoms with Crippen LogP contribution in [0.25, 0.3) is 0 Å². The Bertz CT molecular complexity index is 469. The van der Waals surface area contributed by atoms with Gasteiger partial charge in [-0.15, -0.1) is 0 Å². The standard InChI is InChI=1S/C16H28N4O/c1-5-13-11-20(16(21)12(2)3)8-6-14(13)18-10-15-17-7-9-19(15)4/h7,9,12-14,18H,5-6,8,10-11H2,1-4H3/t13-,14-/m0/s1. The number of likely N-dealkylation sites (tertiary alicyclic amines) is 1. The van der Waals surface area contributed by atoms with Crippen molar-refractivity contribution in [1.82, 2.24) is 19.8 Å². The van der Waals surface area contributed by atoms with Gasteiger partial charge >= 0.3 is 0 Å². The maximum atomic E-state index is 12.1. The molecule has 2 heterocycles. The van der Waals surface area contributed by atoms with E-state index in [1.807, 2.05) is 42.8 Å². The van der Waals surface area contributed by atoms with Crippen LogP contribution in [0, 0.1) is 11.8 Å². The first-order chi connectivity index (χ1) is 10.0. The Morgan fingerprint density at radius 2 is 2.29 bits per heavy atom. The fourth-order valence-corrected chi connectivity index (χ4v) is 3.07. The van der Waals surface area contributed by atoms with Crippen LogP contribution in [0.1, 0.15) is 39.4 Å². The summed E-state index contributed by atoms with van der Waals surface area (Å²) in [5, 5.41) is 3.63. The van der Waals surface area contributed by atoms with Crippen LogP contribution in [-0.2, 0) is 18.4 Å². The Kier molecular flexibility index (Phi) is 5.39. The number of hydrogen-bond donors (Lipinski definition) is 1. The van der Waals surface area contributed by atoms with Gasteiger partial charge in [-0.3, -0.25) is 4.79 Å². The summed E-state index contributed by atoms with van der Waals surface area (Å²) in [7, 11) is 2.02. The smallest absolute Gasteiger partial charge is 0.225 e. The first-order valence-electron chi connectivity index (χ1n) is 8.01. The lowest BCUT2D eigenvalue weighted by molar-refractivity contribution is -0.136. The molecule has 1 aromatic rings. The summed E-state index contributed by atoms with van der Waals surface area (Å²) < 4.78 is 2.05. The molecule has 0 aromatic carbocycles. The second-order valence-electron chi connectivity index (χ2n) is 6.34. The van der Waals surface area contributed by atoms with Gasteiger partial charge in [0.05, 0.1) is 6.54 Å². The van der Waals surface area contributed by atoms with Gasteiger partial charge in [0.25, 0.3) is 0 Å². The molecule has 1 amide bonds. The number of aromatic nitrogens is 2. The van der Waals surface area contributed by atoms with Crippen molar-refractivity contribution in [2.24, 2.45) is 18.9 Å². The summed E-state index contributed by atoms with van der Waals surface area (Å²) in [4.78, 5) is 18.5. The number of nitrogens with zero attached hydrogens (tertiary/aromatic N) is 3. The topological polar surface area (TPSA) is 50.2 Å². The molecule has 1 aliphatic rings. The molecular weight excluding hydrogens is 264 g/mol. The van der Waals surface area contributed by atoms with Crippen LogP contribution in [-0.4, -0.2) is 39.5 Å². The molecule has 118 valence electrons. The van der Waals surface area contributed by atoms with Gasteiger partial charge in [-0.2, -0.15) is 0 Å². The first kappa shape index (κ1) is 16.0. The Morgan fingerprint density at radius 3 is 2.86 bits per heavy atom. The number of rotatable bonds is 5. The highest BCUT2D eigenvalue weighted by Crippen LogP contribution is 2.22. The lowest BCUT2D eigenvalue weighted by atomic mass is 9.89. The third-order valence-electron chi connectivity index (χ3n) is 4.51. The molecule has 0 aliphatic carbocycles. The number of carbonyl (C=O) groups excluding carboxylic acids is 1. The van der Waals surface area contributed by atoms with Crippen LogP contribution in [0.4, 0.5) is 0 Å². The number of piperidine rings is 1. The van der Waals surface area contributed by atoms with Crippen LogP contribution < -0.4 is 5.32 Å². The second kappa shape index (κ2) is 7.07. The van der Waals surface area contributed by atoms with Gasteiger partial charge < -0.3 is 14.8 Å². The van der Waals surface area contributed by atoms with E-state index in [0.717, 1.165) is 38.3 Å². The van der Waals surface area contributed by atoms with Crippen LogP contribution in [0.5, 0.6) is 0 Å². The zero-order chi connectivity index (χ0) is 15.4. The van der Waals surface area contributed by atoms with Crippen molar-refractivity contribution in [3.05, 3.63) is 18.2 Å². The molecule has 0 bridgehead atoms. The van der Waals surface area contributed by atoms with E-state index < -0.39 is 0 Å². The van der Waals surface area contributed by atoms with Gasteiger partial charge in [-0.05, 0) is 12.3 Å². The van der Waals surface area contributed by atoms with Crippen LogP contribution in [0.15, 0.2) is 12.4 Å². The van der Waals surface area contributed by atoms with Gasteiger partial charge in [0.15, 0.2) is 0 Å². The third-order valence-corrected chi connectivity index (χ3v) is 4.51. The lowest BCUT2D eigenvalue weighted by Crippen LogP contribution is -2.51. The molecule has 1 aromatic heterocycles. The van der Waals surface area contributed by atoms with Crippen molar-refractivity contribution >= 4 is 5.91 Å². The predicted octanol–water partition coefficient (Wildman–Crippen LogP) is 1.79. The summed E-state index contributed by atoms with van der Waals surface area (Å²) in [5.74, 6) is 1.97. The SMILES string of the molecule is CC[C@H]1CN(C(=O)C(C)C)CC[C@@H]1NCc1nccn1C. The molecule has 0 radical (unpaired) electrons. The largest absolute Gasteiger partial charge is 0.342 e. The molecule has 1 saturated heterocycles. The second-order valence-corrected chi connectivity index (χ2v) is 6.34. The van der Waals surface area contributed by atoms with Crippen LogP contribution in [0.3, 0.4) is 0 Å². The highest BCUT2D eigenvalue weighted by atomic mass is 16.2. The van der Waals surface area contributed by atoms with Crippen molar-refractivity contribution < 1.29 is 4.79 Å². The van der Waals surface area contributed by atoms with Gasteiger partial charge in [-0.25, -0.2) is 4.98 Å². The maximum absolute atomic E-state index is 12.1. The van der Waals surface area contributed by atoms with E-state index in [1.165, 1.54) is 0 Å². The van der Waals surface area contributed by atoms with Crippen molar-refractivity contribution in [1.29, 1.82) is 0 Å². The number of nitrogens with one attached hydrogen (secondary N) is 1. The molecule has 2 atom stereocenters. The molecule has 21 heavy (non-hydrogen) atoms. The molecule has 2 rings (SSSR count). The van der Waals surface area contributed by atoms with E-state index in [-0.39, 0.29) is 11.8 Å². The number of amides is 1. The predicted molar refractivity (Wildman–Crippen MR) is 83.7 cm³/mol. The molecule has 0 unspecified atom stereocenters. The Labute approximate surface area is 127 Å². The van der Waals surface area contributed by atoms with Crippen LogP contribution in [0.2, 0.25) is 0 Å². The molecule has 1 N–H and O–H groups in total. The maximum Gasteiger partial charge on any atom is 0.225 e. The van der Waals surface area contributed by atoms with Crippen molar-refractivity contribution in [2.75, 3.05) is 13.1 Å². The number of carbonyl (C=O) groups is 1. The average molecular weight is 292 g/mol. The fraction of sp³-hybridized carbons (Fsp3) is 0.750. The molecule has 1 aliphatic heterocycles. The Balaban J connectivity index is 1.90. The Hall–Kier alpha value is -1.36. The molecule has 5 nitrogen and oxygen atoms in total. The van der Waals surface area contributed by atoms with Gasteiger partial charge in [0.1, 0.15) is 5.82 Å². The Morgan fingerprint density at radius 1 is 1.52 bits per heavy atom. The van der Waals surface area contributed by atoms with E-state index in [2.05, 4.69) is 17.2 Å². The van der Waals surface area contributed by atoms with E-state index in [9.17, 15) is 4.79 Å². The van der Waals surface area contributed by atoms with Crippen molar-refractivity contribution in [3.63, 3.8) is 0 Å². The fourth-order valence-electron chi connectivity index (χ4n) is 3.07. The summed E-state index contributed by atoms with van der Waals surface area (Å²) in [6, 6.07) is 0.475. The van der Waals surface area contributed by atoms with Gasteiger partial charge in [-0.1, -0.05) is 27.2 Å². The minimum atomic E-state index is 0.0968. The zero-order valence-corrected chi connectivity index (χ0v) is 13.7. The summed E-state index contributed by atoms with van der Waals surface area (Å²) >= 11 is 0. The summed E-state index contributed by atoms with van der Waals surface area (Å²) in [5.41, 5.74) is 0. The van der Waals surface area contributed by atoms with E-state index in [4.69, 9.17) is 0 Å². The number of aryl methyl sites for hydroxylation is 1. The molecule has 0 spiro atoms. The van der Waals surface area contributed by atoms with E-state index >= 15 is 0 Å². The molecule has 5 heteroatoms. The van der Waals surface area contributed by atoms with Crippen LogP contribution >= 0.6 is 0 Å². The average Bonchev–Trinajstić information content (AvgIpc) is 2.89. The van der Waals surface area contributed by atoms with Crippen molar-refractivity contribution in [3.8, 4) is 0 Å². The van der Waals surface area contributed by atoms with Gasteiger partial charge in [0.2, 0.25) is 5.91 Å². The summed E-state index contributed by atoms with van der Waals surface area (Å²) in [6.07, 6.45) is 5.93. The normalized spacial score (nSPS) is 22.8. The van der Waals surface area contributed by atoms with Crippen molar-refractivity contribution in [2.45, 2.75) is 46.2 Å². The highest BCUT2D eigenvalue weighted by molar-refractivity contribution is 5.78. The van der Waals surface area contributed by atoms with E-state index in [0.29, 0.717) is 12.0 Å². The number of hydrogen-bond acceptors (Lipinski definition) is 3. The minimum Gasteiger partial charge on any atom is -0.342 e. The summed E-state index contributed by atoms with van der Waals surface area (Å²) in [6.45, 7) is 8.72. The van der Waals surface area contributed by atoms with Gasteiger partial charge in [0, 0.05) is 44.5 Å². The first-order valence-corrected chi connectivity index (χ1v) is 8.01. The van der Waals surface area contributed by atoms with E-state index in [1.54, 1.807) is 0 Å². The molecule has 0 saturated carbocycles. The monoisotopic (exact) mass is 292 g/mol. The highest BCUT2D eigenvalue weighted by Gasteiger charge is 2.30. The molecular formula is C16H28N4O. The zero-order valence-electron chi connectivity index (χ0n) is 13.7. The lowest BCUT2D eigenvalue weighted by Gasteiger charge is -2.39. The quantitative estimate of drug-likeness (QED) is 0.900. The minimum absolute atomic E-state index is 0.0968. The number of imidazole rings is 1.